The molecule has 0 atom stereocenters. The molecule has 0 fully saturated rings. The monoisotopic (exact) mass is 236 g/mol. The minimum Gasteiger partial charge on any atom is -0.485 e. The topological polar surface area (TPSA) is 48.2 Å². The molecule has 0 unspecified atom stereocenters. The van der Waals surface area contributed by atoms with Gasteiger partial charge in [0.1, 0.15) is 11.6 Å². The maximum Gasteiger partial charge on any atom is 0.226 e. The Hall–Kier alpha value is -1.91. The van der Waals surface area contributed by atoms with Crippen LogP contribution in [0.15, 0.2) is 28.8 Å². The van der Waals surface area contributed by atoms with Gasteiger partial charge in [0, 0.05) is 12.5 Å². The normalized spacial score (nSPS) is 10.5. The Morgan fingerprint density at radius 3 is 3.06 bits per heavy atom. The first kappa shape index (κ1) is 11.6. The van der Waals surface area contributed by atoms with E-state index in [4.69, 9.17) is 9.26 Å². The van der Waals surface area contributed by atoms with Crippen LogP contribution in [0.4, 0.5) is 4.39 Å². The Morgan fingerprint density at radius 1 is 1.41 bits per heavy atom. The van der Waals surface area contributed by atoms with Crippen LogP contribution in [0.5, 0.6) is 5.75 Å². The van der Waals surface area contributed by atoms with Crippen molar-refractivity contribution in [2.45, 2.75) is 26.4 Å². The van der Waals surface area contributed by atoms with Gasteiger partial charge in [-0.25, -0.2) is 4.39 Å². The van der Waals surface area contributed by atoms with E-state index in [1.165, 1.54) is 12.1 Å². The van der Waals surface area contributed by atoms with Crippen molar-refractivity contribution in [3.05, 3.63) is 41.8 Å². The summed E-state index contributed by atoms with van der Waals surface area (Å²) in [6.07, 6.45) is 1.71. The Morgan fingerprint density at radius 2 is 2.29 bits per heavy atom. The molecule has 2 aromatic rings. The number of hydrogen-bond donors (Lipinski definition) is 0. The second-order valence-electron chi connectivity index (χ2n) is 3.60. The molecule has 17 heavy (non-hydrogen) atoms. The molecule has 90 valence electrons. The first-order valence-electron chi connectivity index (χ1n) is 5.47. The van der Waals surface area contributed by atoms with Crippen molar-refractivity contribution in [3.63, 3.8) is 0 Å². The van der Waals surface area contributed by atoms with Crippen LogP contribution in [0.25, 0.3) is 0 Å². The summed E-state index contributed by atoms with van der Waals surface area (Å²) in [5.41, 5.74) is 0. The van der Waals surface area contributed by atoms with Crippen LogP contribution in [0, 0.1) is 5.82 Å². The van der Waals surface area contributed by atoms with Gasteiger partial charge in [-0.2, -0.15) is 4.98 Å². The third kappa shape index (κ3) is 3.27. The molecule has 0 aliphatic heterocycles. The number of rotatable bonds is 5. The number of aromatic nitrogens is 2. The number of halogens is 1. The molecule has 0 saturated carbocycles. The second kappa shape index (κ2) is 5.43. The number of aryl methyl sites for hydroxylation is 1. The lowest BCUT2D eigenvalue weighted by molar-refractivity contribution is 0.284. The Labute approximate surface area is 98.4 Å². The van der Waals surface area contributed by atoms with Gasteiger partial charge in [0.25, 0.3) is 0 Å². The van der Waals surface area contributed by atoms with Crippen molar-refractivity contribution in [2.75, 3.05) is 0 Å². The highest BCUT2D eigenvalue weighted by atomic mass is 19.1. The van der Waals surface area contributed by atoms with Gasteiger partial charge in [-0.05, 0) is 18.6 Å². The molecule has 0 saturated heterocycles. The lowest BCUT2D eigenvalue weighted by Crippen LogP contribution is -1.98. The van der Waals surface area contributed by atoms with E-state index in [-0.39, 0.29) is 12.4 Å². The molecule has 0 N–H and O–H groups in total. The zero-order chi connectivity index (χ0) is 12.1. The van der Waals surface area contributed by atoms with Crippen molar-refractivity contribution in [1.29, 1.82) is 0 Å². The quantitative estimate of drug-likeness (QED) is 0.800. The first-order valence-corrected chi connectivity index (χ1v) is 5.47. The molecule has 1 aromatic heterocycles. The maximum atomic E-state index is 12.9. The van der Waals surface area contributed by atoms with Gasteiger partial charge < -0.3 is 9.26 Å². The Bertz CT molecular complexity index is 485. The number of ether oxygens (including phenoxy) is 1. The molecule has 2 rings (SSSR count). The number of nitrogens with zero attached hydrogens (tertiary/aromatic N) is 2. The van der Waals surface area contributed by atoms with E-state index in [1.807, 2.05) is 6.92 Å². The molecule has 1 aromatic carbocycles. The van der Waals surface area contributed by atoms with E-state index < -0.39 is 0 Å². The highest BCUT2D eigenvalue weighted by molar-refractivity contribution is 5.22. The molecule has 1 heterocycles. The standard InChI is InChI=1S/C12H13FN2O2/c1-2-4-12-14-11(15-17-12)8-16-10-6-3-5-9(13)7-10/h3,5-7H,2,4,8H2,1H3. The van der Waals surface area contributed by atoms with E-state index in [1.54, 1.807) is 12.1 Å². The Kier molecular flexibility index (Phi) is 3.69. The number of hydrogen-bond acceptors (Lipinski definition) is 4. The van der Waals surface area contributed by atoms with Crippen LogP contribution in [-0.4, -0.2) is 10.1 Å². The summed E-state index contributed by atoms with van der Waals surface area (Å²) >= 11 is 0. The summed E-state index contributed by atoms with van der Waals surface area (Å²) in [5, 5.41) is 3.77. The lowest BCUT2D eigenvalue weighted by atomic mass is 10.3. The average molecular weight is 236 g/mol. The molecule has 5 heteroatoms. The van der Waals surface area contributed by atoms with Crippen LogP contribution < -0.4 is 4.74 Å². The fourth-order valence-corrected chi connectivity index (χ4v) is 1.37. The predicted molar refractivity (Wildman–Crippen MR) is 59.0 cm³/mol. The maximum absolute atomic E-state index is 12.9. The van der Waals surface area contributed by atoms with E-state index >= 15 is 0 Å². The summed E-state index contributed by atoms with van der Waals surface area (Å²) in [7, 11) is 0. The van der Waals surface area contributed by atoms with E-state index in [0.29, 0.717) is 17.5 Å². The zero-order valence-corrected chi connectivity index (χ0v) is 9.52. The second-order valence-corrected chi connectivity index (χ2v) is 3.60. The SMILES string of the molecule is CCCc1nc(COc2cccc(F)c2)no1. The van der Waals surface area contributed by atoms with Gasteiger partial charge in [-0.3, -0.25) is 0 Å². The molecule has 0 amide bonds. The fourth-order valence-electron chi connectivity index (χ4n) is 1.37. The summed E-state index contributed by atoms with van der Waals surface area (Å²) in [5.74, 6) is 1.19. The molecule has 0 aliphatic rings. The fraction of sp³-hybridized carbons (Fsp3) is 0.333. The molecule has 0 radical (unpaired) electrons. The van der Waals surface area contributed by atoms with Crippen LogP contribution in [0.3, 0.4) is 0 Å². The van der Waals surface area contributed by atoms with E-state index in [0.717, 1.165) is 12.8 Å². The molecule has 0 spiro atoms. The van der Waals surface area contributed by atoms with E-state index in [9.17, 15) is 4.39 Å². The predicted octanol–water partition coefficient (Wildman–Crippen LogP) is 2.74. The number of benzene rings is 1. The van der Waals surface area contributed by atoms with Crippen molar-refractivity contribution >= 4 is 0 Å². The summed E-state index contributed by atoms with van der Waals surface area (Å²) in [6, 6.07) is 5.94. The Balaban J connectivity index is 1.93. The van der Waals surface area contributed by atoms with Gasteiger partial charge in [-0.15, -0.1) is 0 Å². The van der Waals surface area contributed by atoms with Crippen molar-refractivity contribution in [1.82, 2.24) is 10.1 Å². The minimum atomic E-state index is -0.331. The molecule has 4 nitrogen and oxygen atoms in total. The van der Waals surface area contributed by atoms with Crippen molar-refractivity contribution < 1.29 is 13.7 Å². The van der Waals surface area contributed by atoms with Crippen molar-refractivity contribution in [2.24, 2.45) is 0 Å². The molecule has 0 bridgehead atoms. The van der Waals surface area contributed by atoms with Crippen molar-refractivity contribution in [3.8, 4) is 5.75 Å². The van der Waals surface area contributed by atoms with Gasteiger partial charge in [0.05, 0.1) is 0 Å². The zero-order valence-electron chi connectivity index (χ0n) is 9.52. The smallest absolute Gasteiger partial charge is 0.226 e. The van der Waals surface area contributed by atoms with Gasteiger partial charge in [-0.1, -0.05) is 18.1 Å². The highest BCUT2D eigenvalue weighted by Crippen LogP contribution is 2.13. The summed E-state index contributed by atoms with van der Waals surface area (Å²) < 4.78 is 23.2. The van der Waals surface area contributed by atoms with Crippen LogP contribution in [0.1, 0.15) is 25.1 Å². The summed E-state index contributed by atoms with van der Waals surface area (Å²) in [4.78, 5) is 4.14. The van der Waals surface area contributed by atoms with Gasteiger partial charge in [0.2, 0.25) is 11.7 Å². The molecular weight excluding hydrogens is 223 g/mol. The molecule has 0 aliphatic carbocycles. The average Bonchev–Trinajstić information content (AvgIpc) is 2.75. The van der Waals surface area contributed by atoms with E-state index in [2.05, 4.69) is 10.1 Å². The van der Waals surface area contributed by atoms with Crippen LogP contribution in [0.2, 0.25) is 0 Å². The van der Waals surface area contributed by atoms with Gasteiger partial charge in [0.15, 0.2) is 6.61 Å². The third-order valence-corrected chi connectivity index (χ3v) is 2.14. The largest absolute Gasteiger partial charge is 0.485 e. The third-order valence-electron chi connectivity index (χ3n) is 2.14. The first-order chi connectivity index (χ1) is 8.28. The lowest BCUT2D eigenvalue weighted by Gasteiger charge is -2.02. The summed E-state index contributed by atoms with van der Waals surface area (Å²) in [6.45, 7) is 2.21. The van der Waals surface area contributed by atoms with Gasteiger partial charge >= 0.3 is 0 Å². The molecular formula is C12H13FN2O2. The van der Waals surface area contributed by atoms with Crippen LogP contribution in [-0.2, 0) is 13.0 Å². The van der Waals surface area contributed by atoms with Crippen LogP contribution >= 0.6 is 0 Å². The minimum absolute atomic E-state index is 0.177. The highest BCUT2D eigenvalue weighted by Gasteiger charge is 2.06.